The van der Waals surface area contributed by atoms with Gasteiger partial charge in [-0.1, -0.05) is 0 Å². The molecule has 0 aliphatic carbocycles. The molecule has 0 atom stereocenters. The fourth-order valence-corrected chi connectivity index (χ4v) is 3.93. The number of nitrogens with zero attached hydrogens (tertiary/aromatic N) is 3. The summed E-state index contributed by atoms with van der Waals surface area (Å²) in [6.45, 7) is 5.27. The number of rotatable bonds is 13. The predicted octanol–water partition coefficient (Wildman–Crippen LogP) is 2.17. The maximum absolute atomic E-state index is 10.8. The van der Waals surface area contributed by atoms with Gasteiger partial charge in [-0.2, -0.15) is 23.5 Å². The molecule has 2 rings (SSSR count). The number of aromatic nitrogens is 4. The summed E-state index contributed by atoms with van der Waals surface area (Å²) in [4.78, 5) is 24.9. The van der Waals surface area contributed by atoms with Crippen LogP contribution in [0.4, 0.5) is 0 Å². The lowest BCUT2D eigenvalue weighted by Crippen LogP contribution is -2.30. The molecule has 0 saturated carbocycles. The molecule has 0 aromatic carbocycles. The number of hydrogen-bond acceptors (Lipinski definition) is 8. The maximum atomic E-state index is 10.8. The Morgan fingerprint density at radius 1 is 1.07 bits per heavy atom. The highest BCUT2D eigenvalue weighted by Crippen LogP contribution is 2.12. The van der Waals surface area contributed by atoms with E-state index in [-0.39, 0.29) is 0 Å². The van der Waals surface area contributed by atoms with E-state index in [2.05, 4.69) is 30.6 Å². The minimum Gasteiger partial charge on any atom is -0.366 e. The molecule has 0 radical (unpaired) electrons. The fourth-order valence-electron chi connectivity index (χ4n) is 2.18. The van der Waals surface area contributed by atoms with Crippen LogP contribution < -0.4 is 10.6 Å². The normalized spacial score (nSPS) is 10.6. The molecule has 11 heteroatoms. The highest BCUT2D eigenvalue weighted by molar-refractivity contribution is 7.98. The summed E-state index contributed by atoms with van der Waals surface area (Å²) in [6.07, 6.45) is 4.36. The Labute approximate surface area is 166 Å². The zero-order valence-electron chi connectivity index (χ0n) is 15.4. The highest BCUT2D eigenvalue weighted by Gasteiger charge is 2.05. The van der Waals surface area contributed by atoms with Crippen LogP contribution >= 0.6 is 23.5 Å². The van der Waals surface area contributed by atoms with E-state index in [4.69, 9.17) is 0 Å². The summed E-state index contributed by atoms with van der Waals surface area (Å²) in [7, 11) is 0. The number of imidazole rings is 2. The van der Waals surface area contributed by atoms with Crippen molar-refractivity contribution >= 4 is 23.5 Å². The van der Waals surface area contributed by atoms with Crippen LogP contribution in [0, 0.1) is 24.0 Å². The number of nitrogens with one attached hydrogen (secondary N) is 4. The van der Waals surface area contributed by atoms with Crippen LogP contribution in [0.25, 0.3) is 0 Å². The Morgan fingerprint density at radius 3 is 1.93 bits per heavy atom. The molecule has 2 aromatic rings. The molecule has 2 heterocycles. The molecule has 2 aromatic heterocycles. The Balaban J connectivity index is 1.61. The molecular weight excluding hydrogens is 386 g/mol. The zero-order chi connectivity index (χ0) is 19.5. The van der Waals surface area contributed by atoms with E-state index in [9.17, 15) is 10.1 Å². The zero-order valence-corrected chi connectivity index (χ0v) is 17.1. The highest BCUT2D eigenvalue weighted by atomic mass is 32.2. The number of aryl methyl sites for hydroxylation is 2. The van der Waals surface area contributed by atoms with Crippen LogP contribution in [0.1, 0.15) is 22.8 Å². The van der Waals surface area contributed by atoms with Gasteiger partial charge >= 0.3 is 0 Å². The van der Waals surface area contributed by atoms with Crippen molar-refractivity contribution < 1.29 is 4.92 Å². The minimum absolute atomic E-state index is 0.438. The van der Waals surface area contributed by atoms with Crippen molar-refractivity contribution in [1.29, 1.82) is 0 Å². The van der Waals surface area contributed by atoms with Crippen LogP contribution in [-0.2, 0) is 11.5 Å². The average Bonchev–Trinajstić information content (AvgIpc) is 3.22. The van der Waals surface area contributed by atoms with Crippen molar-refractivity contribution in [2.45, 2.75) is 25.4 Å². The molecular formula is C16H25N7O2S2. The first-order valence-corrected chi connectivity index (χ1v) is 10.8. The van der Waals surface area contributed by atoms with E-state index in [0.717, 1.165) is 52.0 Å². The molecule has 0 unspecified atom stereocenters. The molecule has 4 N–H and O–H groups in total. The molecule has 0 fully saturated rings. The second-order valence-electron chi connectivity index (χ2n) is 5.74. The van der Waals surface area contributed by atoms with Crippen LogP contribution in [0.15, 0.2) is 24.7 Å². The summed E-state index contributed by atoms with van der Waals surface area (Å²) < 4.78 is 0. The van der Waals surface area contributed by atoms with Gasteiger partial charge in [0.2, 0.25) is 0 Å². The van der Waals surface area contributed by atoms with Crippen molar-refractivity contribution in [1.82, 2.24) is 30.6 Å². The molecule has 148 valence electrons. The van der Waals surface area contributed by atoms with E-state index in [1.54, 1.807) is 36.2 Å². The number of H-pyrrole nitrogens is 2. The van der Waals surface area contributed by atoms with E-state index in [1.165, 1.54) is 0 Å². The largest absolute Gasteiger partial charge is 0.366 e. The van der Waals surface area contributed by atoms with Crippen molar-refractivity contribution in [3.05, 3.63) is 57.6 Å². The Morgan fingerprint density at radius 2 is 1.56 bits per heavy atom. The van der Waals surface area contributed by atoms with Gasteiger partial charge in [0.15, 0.2) is 5.82 Å². The minimum atomic E-state index is -0.449. The van der Waals surface area contributed by atoms with E-state index in [1.807, 2.05) is 13.8 Å². The monoisotopic (exact) mass is 411 g/mol. The number of aromatic amines is 2. The molecule has 0 saturated heterocycles. The second kappa shape index (κ2) is 11.5. The molecule has 0 bridgehead atoms. The fraction of sp³-hybridized carbons (Fsp3) is 0.500. The smallest absolute Gasteiger partial charge is 0.274 e. The molecule has 0 spiro atoms. The van der Waals surface area contributed by atoms with Crippen molar-refractivity contribution in [3.8, 4) is 0 Å². The third kappa shape index (κ3) is 7.95. The lowest BCUT2D eigenvalue weighted by Gasteiger charge is -2.11. The Bertz CT molecular complexity index is 692. The van der Waals surface area contributed by atoms with Crippen LogP contribution in [0.3, 0.4) is 0 Å². The van der Waals surface area contributed by atoms with Crippen LogP contribution in [0.2, 0.25) is 0 Å². The first-order chi connectivity index (χ1) is 13.1. The van der Waals surface area contributed by atoms with Gasteiger partial charge in [0.05, 0.1) is 29.0 Å². The van der Waals surface area contributed by atoms with E-state index < -0.39 is 4.92 Å². The van der Waals surface area contributed by atoms with Gasteiger partial charge in [0, 0.05) is 47.5 Å². The SMILES string of the molecule is Cc1[nH]cnc1CSCCNC(=C[N+](=O)[O-])NCCSCc1nc[nH]c1C. The van der Waals surface area contributed by atoms with Crippen molar-refractivity contribution in [2.24, 2.45) is 0 Å². The Hall–Kier alpha value is -2.14. The lowest BCUT2D eigenvalue weighted by molar-refractivity contribution is -0.404. The molecule has 27 heavy (non-hydrogen) atoms. The van der Waals surface area contributed by atoms with Crippen LogP contribution in [-0.4, -0.2) is 49.5 Å². The number of hydrogen-bond donors (Lipinski definition) is 4. The first-order valence-electron chi connectivity index (χ1n) is 8.52. The van der Waals surface area contributed by atoms with Gasteiger partial charge in [-0.05, 0) is 13.8 Å². The van der Waals surface area contributed by atoms with Gasteiger partial charge in [-0.15, -0.1) is 0 Å². The standard InChI is InChI=1S/C16H25N7O2S2/c1-12-14(21-10-19-12)8-26-5-3-17-16(7-23(24)25)18-4-6-27-9-15-13(2)20-11-22-15/h7,10-11,17-18H,3-6,8-9H2,1-2H3,(H,19,21)(H,20,22). The number of nitro groups is 1. The van der Waals surface area contributed by atoms with E-state index in [0.29, 0.717) is 18.9 Å². The first kappa shape index (κ1) is 21.2. The lowest BCUT2D eigenvalue weighted by atomic mass is 10.4. The molecule has 0 aliphatic rings. The molecule has 9 nitrogen and oxygen atoms in total. The maximum Gasteiger partial charge on any atom is 0.274 e. The summed E-state index contributed by atoms with van der Waals surface area (Å²) in [5.41, 5.74) is 4.24. The van der Waals surface area contributed by atoms with Gasteiger partial charge in [-0.3, -0.25) is 10.1 Å². The van der Waals surface area contributed by atoms with Crippen molar-refractivity contribution in [3.63, 3.8) is 0 Å². The van der Waals surface area contributed by atoms with Crippen molar-refractivity contribution in [2.75, 3.05) is 24.6 Å². The predicted molar refractivity (Wildman–Crippen MR) is 110 cm³/mol. The second-order valence-corrected chi connectivity index (χ2v) is 7.95. The summed E-state index contributed by atoms with van der Waals surface area (Å²) in [6, 6.07) is 0. The Kier molecular flexibility index (Phi) is 9.05. The van der Waals surface area contributed by atoms with Gasteiger partial charge in [0.1, 0.15) is 0 Å². The van der Waals surface area contributed by atoms with Gasteiger partial charge < -0.3 is 20.6 Å². The topological polar surface area (TPSA) is 125 Å². The molecule has 0 amide bonds. The molecule has 0 aliphatic heterocycles. The third-order valence-electron chi connectivity index (χ3n) is 3.70. The third-order valence-corrected chi connectivity index (χ3v) is 5.65. The summed E-state index contributed by atoms with van der Waals surface area (Å²) in [5, 5.41) is 17.0. The quantitative estimate of drug-likeness (QED) is 0.225. The van der Waals surface area contributed by atoms with Gasteiger partial charge in [-0.25, -0.2) is 9.97 Å². The van der Waals surface area contributed by atoms with E-state index >= 15 is 0 Å². The summed E-state index contributed by atoms with van der Waals surface area (Å²) in [5.74, 6) is 3.74. The average molecular weight is 412 g/mol. The number of thioether (sulfide) groups is 2. The summed E-state index contributed by atoms with van der Waals surface area (Å²) >= 11 is 3.47. The van der Waals surface area contributed by atoms with Gasteiger partial charge in [0.25, 0.3) is 6.20 Å². The van der Waals surface area contributed by atoms with Crippen LogP contribution in [0.5, 0.6) is 0 Å².